The van der Waals surface area contributed by atoms with Gasteiger partial charge in [0.2, 0.25) is 0 Å². The lowest BCUT2D eigenvalue weighted by Crippen LogP contribution is -2.34. The molecule has 27 heavy (non-hydrogen) atoms. The molecular weight excluding hydrogens is 350 g/mol. The highest BCUT2D eigenvalue weighted by atomic mass is 16.5. The highest BCUT2D eigenvalue weighted by Crippen LogP contribution is 2.25. The standard InChI is InChI=1S/C19H21N3O5/c1-3-27-15-7-5-14(6-8-15)19(25)20-12-18(24)22-21-11-13-4-9-16(23)17(10-13)26-2/h4-11,23H,3,12H2,1-2H3,(H,20,25)(H,22,24)/b21-11-. The summed E-state index contributed by atoms with van der Waals surface area (Å²) in [7, 11) is 1.44. The Kier molecular flexibility index (Phi) is 7.18. The van der Waals surface area contributed by atoms with Gasteiger partial charge in [0.25, 0.3) is 11.8 Å². The van der Waals surface area contributed by atoms with E-state index in [0.29, 0.717) is 29.2 Å². The van der Waals surface area contributed by atoms with Crippen LogP contribution >= 0.6 is 0 Å². The predicted octanol–water partition coefficient (Wildman–Crippen LogP) is 1.68. The number of hydrogen-bond acceptors (Lipinski definition) is 6. The summed E-state index contributed by atoms with van der Waals surface area (Å²) in [5.74, 6) is 0.132. The Balaban J connectivity index is 1.80. The van der Waals surface area contributed by atoms with E-state index in [2.05, 4.69) is 15.8 Å². The van der Waals surface area contributed by atoms with Gasteiger partial charge >= 0.3 is 0 Å². The highest BCUT2D eigenvalue weighted by Gasteiger charge is 2.08. The number of amides is 2. The third-order valence-electron chi connectivity index (χ3n) is 3.44. The molecule has 0 saturated heterocycles. The molecule has 0 aliphatic heterocycles. The number of aromatic hydroxyl groups is 1. The number of ether oxygens (including phenoxy) is 2. The number of hydrogen-bond donors (Lipinski definition) is 3. The lowest BCUT2D eigenvalue weighted by Gasteiger charge is -2.06. The van der Waals surface area contributed by atoms with Crippen LogP contribution in [0.1, 0.15) is 22.8 Å². The maximum absolute atomic E-state index is 12.0. The first-order chi connectivity index (χ1) is 13.0. The molecule has 3 N–H and O–H groups in total. The van der Waals surface area contributed by atoms with Crippen LogP contribution in [0.5, 0.6) is 17.2 Å². The summed E-state index contributed by atoms with van der Waals surface area (Å²) < 4.78 is 10.3. The lowest BCUT2D eigenvalue weighted by molar-refractivity contribution is -0.120. The van der Waals surface area contributed by atoms with E-state index in [1.165, 1.54) is 19.4 Å². The predicted molar refractivity (Wildman–Crippen MR) is 100 cm³/mol. The molecule has 0 fully saturated rings. The third kappa shape index (κ3) is 6.03. The molecule has 0 aliphatic carbocycles. The van der Waals surface area contributed by atoms with Crippen molar-refractivity contribution >= 4 is 18.0 Å². The van der Waals surface area contributed by atoms with Gasteiger partial charge in [0, 0.05) is 5.56 Å². The van der Waals surface area contributed by atoms with Crippen molar-refractivity contribution < 1.29 is 24.2 Å². The summed E-state index contributed by atoms with van der Waals surface area (Å²) in [4.78, 5) is 23.8. The molecule has 0 heterocycles. The highest BCUT2D eigenvalue weighted by molar-refractivity contribution is 5.96. The topological polar surface area (TPSA) is 109 Å². The fourth-order valence-electron chi connectivity index (χ4n) is 2.12. The van der Waals surface area contributed by atoms with Crippen molar-refractivity contribution in [3.8, 4) is 17.2 Å². The van der Waals surface area contributed by atoms with E-state index in [4.69, 9.17) is 9.47 Å². The molecule has 142 valence electrons. The maximum Gasteiger partial charge on any atom is 0.259 e. The van der Waals surface area contributed by atoms with Crippen molar-refractivity contribution in [3.63, 3.8) is 0 Å². The van der Waals surface area contributed by atoms with Gasteiger partial charge in [-0.15, -0.1) is 0 Å². The smallest absolute Gasteiger partial charge is 0.259 e. The van der Waals surface area contributed by atoms with Crippen molar-refractivity contribution in [1.82, 2.24) is 10.7 Å². The number of phenols is 1. The average Bonchev–Trinajstić information content (AvgIpc) is 2.68. The second-order valence-corrected chi connectivity index (χ2v) is 5.36. The molecule has 0 saturated carbocycles. The monoisotopic (exact) mass is 371 g/mol. The Bertz CT molecular complexity index is 819. The molecule has 8 heteroatoms. The number of nitrogens with zero attached hydrogens (tertiary/aromatic N) is 1. The van der Waals surface area contributed by atoms with Crippen LogP contribution in [0.25, 0.3) is 0 Å². The Hall–Kier alpha value is -3.55. The molecule has 0 aliphatic rings. The average molecular weight is 371 g/mol. The molecule has 2 aromatic carbocycles. The lowest BCUT2D eigenvalue weighted by atomic mass is 10.2. The van der Waals surface area contributed by atoms with Gasteiger partial charge in [-0.1, -0.05) is 0 Å². The number of carbonyl (C=O) groups is 2. The molecule has 2 rings (SSSR count). The van der Waals surface area contributed by atoms with Crippen molar-refractivity contribution in [1.29, 1.82) is 0 Å². The van der Waals surface area contributed by atoms with E-state index >= 15 is 0 Å². The van der Waals surface area contributed by atoms with Crippen LogP contribution in [-0.4, -0.2) is 43.4 Å². The van der Waals surface area contributed by atoms with Crippen molar-refractivity contribution in [2.24, 2.45) is 5.10 Å². The van der Waals surface area contributed by atoms with Gasteiger partial charge in [-0.05, 0) is 55.0 Å². The summed E-state index contributed by atoms with van der Waals surface area (Å²) in [6.45, 7) is 2.20. The van der Waals surface area contributed by atoms with Crippen LogP contribution < -0.4 is 20.2 Å². The van der Waals surface area contributed by atoms with Gasteiger partial charge in [0.1, 0.15) is 5.75 Å². The zero-order valence-corrected chi connectivity index (χ0v) is 15.1. The second kappa shape index (κ2) is 9.81. The van der Waals surface area contributed by atoms with Gasteiger partial charge in [0.05, 0.1) is 26.5 Å². The molecule has 2 amide bonds. The van der Waals surface area contributed by atoms with E-state index in [9.17, 15) is 14.7 Å². The first kappa shape index (κ1) is 19.8. The largest absolute Gasteiger partial charge is 0.504 e. The second-order valence-electron chi connectivity index (χ2n) is 5.36. The Morgan fingerprint density at radius 1 is 1.19 bits per heavy atom. The van der Waals surface area contributed by atoms with E-state index in [1.807, 2.05) is 6.92 Å². The normalized spacial score (nSPS) is 10.4. The van der Waals surface area contributed by atoms with Crippen molar-refractivity contribution in [2.75, 3.05) is 20.3 Å². The Morgan fingerprint density at radius 2 is 1.93 bits per heavy atom. The molecule has 0 spiro atoms. The van der Waals surface area contributed by atoms with Crippen LogP contribution in [-0.2, 0) is 4.79 Å². The minimum Gasteiger partial charge on any atom is -0.504 e. The summed E-state index contributed by atoms with van der Waals surface area (Å²) in [6, 6.07) is 11.3. The number of phenolic OH excluding ortho intramolecular Hbond substituents is 1. The van der Waals surface area contributed by atoms with Crippen LogP contribution in [0.2, 0.25) is 0 Å². The first-order valence-corrected chi connectivity index (χ1v) is 8.23. The summed E-state index contributed by atoms with van der Waals surface area (Å²) >= 11 is 0. The Labute approximate surface area is 156 Å². The number of nitrogens with one attached hydrogen (secondary N) is 2. The SMILES string of the molecule is CCOc1ccc(C(=O)NCC(=O)N/N=C\c2ccc(O)c(OC)c2)cc1. The van der Waals surface area contributed by atoms with E-state index in [1.54, 1.807) is 36.4 Å². The number of hydrazone groups is 1. The van der Waals surface area contributed by atoms with Crippen LogP contribution in [0.15, 0.2) is 47.6 Å². The molecular formula is C19H21N3O5. The quantitative estimate of drug-likeness (QED) is 0.483. The summed E-state index contributed by atoms with van der Waals surface area (Å²) in [5.41, 5.74) is 3.36. The Morgan fingerprint density at radius 3 is 2.59 bits per heavy atom. The first-order valence-electron chi connectivity index (χ1n) is 8.23. The molecule has 0 radical (unpaired) electrons. The van der Waals surface area contributed by atoms with Gasteiger partial charge in [-0.2, -0.15) is 5.10 Å². The fraction of sp³-hybridized carbons (Fsp3) is 0.211. The number of benzene rings is 2. The molecule has 0 atom stereocenters. The molecule has 2 aromatic rings. The van der Waals surface area contributed by atoms with Gasteiger partial charge in [0.15, 0.2) is 11.5 Å². The van der Waals surface area contributed by atoms with Gasteiger partial charge < -0.3 is 19.9 Å². The zero-order valence-electron chi connectivity index (χ0n) is 15.1. The van der Waals surface area contributed by atoms with Gasteiger partial charge in [-0.3, -0.25) is 9.59 Å². The minimum atomic E-state index is -0.476. The van der Waals surface area contributed by atoms with E-state index < -0.39 is 5.91 Å². The number of methoxy groups -OCH3 is 1. The minimum absolute atomic E-state index is 0.00990. The maximum atomic E-state index is 12.0. The molecule has 8 nitrogen and oxygen atoms in total. The molecule has 0 aromatic heterocycles. The zero-order chi connectivity index (χ0) is 19.6. The number of rotatable bonds is 8. The van der Waals surface area contributed by atoms with Gasteiger partial charge in [-0.25, -0.2) is 5.43 Å². The molecule has 0 bridgehead atoms. The van der Waals surface area contributed by atoms with E-state index in [-0.39, 0.29) is 18.2 Å². The third-order valence-corrected chi connectivity index (χ3v) is 3.44. The fourth-order valence-corrected chi connectivity index (χ4v) is 2.12. The molecule has 0 unspecified atom stereocenters. The van der Waals surface area contributed by atoms with Crippen molar-refractivity contribution in [2.45, 2.75) is 6.92 Å². The van der Waals surface area contributed by atoms with Crippen LogP contribution in [0.3, 0.4) is 0 Å². The summed E-state index contributed by atoms with van der Waals surface area (Å²) in [6.07, 6.45) is 1.40. The van der Waals surface area contributed by atoms with E-state index in [0.717, 1.165) is 0 Å². The van der Waals surface area contributed by atoms with Crippen molar-refractivity contribution in [3.05, 3.63) is 53.6 Å². The number of carbonyl (C=O) groups excluding carboxylic acids is 2. The van der Waals surface area contributed by atoms with Crippen LogP contribution in [0.4, 0.5) is 0 Å². The summed E-state index contributed by atoms with van der Waals surface area (Å²) in [5, 5.41) is 15.8. The van der Waals surface area contributed by atoms with Crippen LogP contribution in [0, 0.1) is 0 Å².